The lowest BCUT2D eigenvalue weighted by atomic mass is 10.2. The molecule has 102 valence electrons. The van der Waals surface area contributed by atoms with E-state index >= 15 is 0 Å². The fraction of sp³-hybridized carbons (Fsp3) is 0.0714. The van der Waals surface area contributed by atoms with Crippen LogP contribution in [0.2, 0.25) is 0 Å². The molecular formula is C14H8BrClFIN2. The highest BCUT2D eigenvalue weighted by Gasteiger charge is 2.15. The average Bonchev–Trinajstić information content (AvgIpc) is 2.76. The Bertz CT molecular complexity index is 803. The third kappa shape index (κ3) is 2.46. The molecule has 0 spiro atoms. The van der Waals surface area contributed by atoms with Crippen LogP contribution < -0.4 is 0 Å². The minimum Gasteiger partial charge on any atom is -0.292 e. The molecule has 3 rings (SSSR count). The van der Waals surface area contributed by atoms with Crippen molar-refractivity contribution in [3.63, 3.8) is 0 Å². The van der Waals surface area contributed by atoms with Gasteiger partial charge in [-0.25, -0.2) is 9.37 Å². The number of aromatic nitrogens is 2. The third-order valence-electron chi connectivity index (χ3n) is 2.96. The fourth-order valence-corrected chi connectivity index (χ4v) is 3.11. The molecule has 2 nitrogen and oxygen atoms in total. The Morgan fingerprint density at radius 3 is 2.75 bits per heavy atom. The number of halogens is 4. The van der Waals surface area contributed by atoms with E-state index in [2.05, 4.69) is 43.5 Å². The molecule has 1 heterocycles. The summed E-state index contributed by atoms with van der Waals surface area (Å²) < 4.78 is 17.8. The standard InChI is InChI=1S/C14H8BrClFIN2/c15-8-1-3-12(10(17)5-8)20-13-4-2-9(18)6-11(13)19-14(20)7-16/h1-6H,7H2. The molecule has 3 aromatic rings. The van der Waals surface area contributed by atoms with Crippen molar-refractivity contribution in [3.05, 3.63) is 56.1 Å². The summed E-state index contributed by atoms with van der Waals surface area (Å²) in [7, 11) is 0. The monoisotopic (exact) mass is 464 g/mol. The third-order valence-corrected chi connectivity index (χ3v) is 4.36. The van der Waals surface area contributed by atoms with Gasteiger partial charge in [0.1, 0.15) is 11.6 Å². The lowest BCUT2D eigenvalue weighted by Crippen LogP contribution is -2.02. The fourth-order valence-electron chi connectivity index (χ4n) is 2.12. The number of alkyl halides is 1. The molecule has 0 N–H and O–H groups in total. The van der Waals surface area contributed by atoms with Crippen molar-refractivity contribution < 1.29 is 4.39 Å². The van der Waals surface area contributed by atoms with Gasteiger partial charge >= 0.3 is 0 Å². The second-order valence-corrected chi connectivity index (χ2v) is 6.65. The molecule has 0 aliphatic rings. The molecule has 2 aromatic carbocycles. The maximum Gasteiger partial charge on any atom is 0.148 e. The molecule has 1 aromatic heterocycles. The zero-order valence-corrected chi connectivity index (χ0v) is 14.6. The lowest BCUT2D eigenvalue weighted by molar-refractivity contribution is 0.617. The zero-order valence-electron chi connectivity index (χ0n) is 10.1. The van der Waals surface area contributed by atoms with E-state index < -0.39 is 0 Å². The van der Waals surface area contributed by atoms with E-state index in [0.29, 0.717) is 16.0 Å². The minimum absolute atomic E-state index is 0.223. The van der Waals surface area contributed by atoms with Crippen LogP contribution in [0.1, 0.15) is 5.82 Å². The van der Waals surface area contributed by atoms with Crippen LogP contribution in [0.4, 0.5) is 4.39 Å². The zero-order chi connectivity index (χ0) is 14.3. The van der Waals surface area contributed by atoms with E-state index in [9.17, 15) is 4.39 Å². The Balaban J connectivity index is 2.34. The number of rotatable bonds is 2. The van der Waals surface area contributed by atoms with Gasteiger partial charge in [-0.3, -0.25) is 4.57 Å². The maximum absolute atomic E-state index is 14.2. The van der Waals surface area contributed by atoms with Gasteiger partial charge in [0.15, 0.2) is 0 Å². The molecular weight excluding hydrogens is 457 g/mol. The summed E-state index contributed by atoms with van der Waals surface area (Å²) >= 11 is 11.4. The molecule has 0 unspecified atom stereocenters. The second-order valence-electron chi connectivity index (χ2n) is 4.23. The first kappa shape index (κ1) is 14.3. The topological polar surface area (TPSA) is 17.8 Å². The summed E-state index contributed by atoms with van der Waals surface area (Å²) in [4.78, 5) is 4.48. The minimum atomic E-state index is -0.316. The van der Waals surface area contributed by atoms with Gasteiger partial charge in [0.05, 0.1) is 22.6 Å². The summed E-state index contributed by atoms with van der Waals surface area (Å²) in [6, 6.07) is 10.8. The summed E-state index contributed by atoms with van der Waals surface area (Å²) in [5, 5.41) is 0. The molecule has 6 heteroatoms. The van der Waals surface area contributed by atoms with Gasteiger partial charge in [-0.05, 0) is 59.0 Å². The summed E-state index contributed by atoms with van der Waals surface area (Å²) in [6.45, 7) is 0. The van der Waals surface area contributed by atoms with Crippen LogP contribution in [0.25, 0.3) is 16.7 Å². The maximum atomic E-state index is 14.2. The van der Waals surface area contributed by atoms with Gasteiger partial charge in [-0.2, -0.15) is 0 Å². The SMILES string of the molecule is Fc1cc(Br)ccc1-n1c(CCl)nc2cc(I)ccc21. The van der Waals surface area contributed by atoms with Gasteiger partial charge in [-0.1, -0.05) is 15.9 Å². The summed E-state index contributed by atoms with van der Waals surface area (Å²) in [5.41, 5.74) is 2.12. The highest BCUT2D eigenvalue weighted by molar-refractivity contribution is 14.1. The molecule has 0 atom stereocenters. The molecule has 0 radical (unpaired) electrons. The first-order chi connectivity index (χ1) is 9.60. The molecule has 0 aliphatic heterocycles. The molecule has 0 bridgehead atoms. The van der Waals surface area contributed by atoms with Crippen molar-refractivity contribution in [1.29, 1.82) is 0 Å². The van der Waals surface area contributed by atoms with Crippen LogP contribution in [0, 0.1) is 9.39 Å². The van der Waals surface area contributed by atoms with Gasteiger partial charge in [0.25, 0.3) is 0 Å². The number of hydrogen-bond acceptors (Lipinski definition) is 1. The van der Waals surface area contributed by atoms with Crippen LogP contribution in [0.3, 0.4) is 0 Å². The van der Waals surface area contributed by atoms with E-state index in [4.69, 9.17) is 11.6 Å². The van der Waals surface area contributed by atoms with Gasteiger partial charge in [0, 0.05) is 8.04 Å². The normalized spacial score (nSPS) is 11.2. The molecule has 0 saturated heterocycles. The Labute approximate surface area is 142 Å². The lowest BCUT2D eigenvalue weighted by Gasteiger charge is -2.09. The average molecular weight is 465 g/mol. The largest absolute Gasteiger partial charge is 0.292 e. The molecule has 0 amide bonds. The predicted octanol–water partition coefficient (Wildman–Crippen LogP) is 5.27. The smallest absolute Gasteiger partial charge is 0.148 e. The van der Waals surface area contributed by atoms with Gasteiger partial charge in [-0.15, -0.1) is 11.6 Å². The highest BCUT2D eigenvalue weighted by Crippen LogP contribution is 2.27. The van der Waals surface area contributed by atoms with E-state index in [1.807, 2.05) is 18.2 Å². The number of nitrogens with zero attached hydrogens (tertiary/aromatic N) is 2. The number of fused-ring (bicyclic) bond motifs is 1. The summed E-state index contributed by atoms with van der Waals surface area (Å²) in [5.74, 6) is 0.536. The molecule has 0 aliphatic carbocycles. The number of hydrogen-bond donors (Lipinski definition) is 0. The molecule has 20 heavy (non-hydrogen) atoms. The van der Waals surface area contributed by atoms with Crippen LogP contribution in [0.15, 0.2) is 40.9 Å². The van der Waals surface area contributed by atoms with E-state index in [-0.39, 0.29) is 11.7 Å². The summed E-state index contributed by atoms with van der Waals surface area (Å²) in [6.07, 6.45) is 0. The predicted molar refractivity (Wildman–Crippen MR) is 91.0 cm³/mol. The van der Waals surface area contributed by atoms with Gasteiger partial charge < -0.3 is 0 Å². The second kappa shape index (κ2) is 5.61. The van der Waals surface area contributed by atoms with Crippen molar-refractivity contribution >= 4 is 61.2 Å². The van der Waals surface area contributed by atoms with E-state index in [0.717, 1.165) is 14.6 Å². The Morgan fingerprint density at radius 1 is 1.25 bits per heavy atom. The Kier molecular flexibility index (Phi) is 4.01. The molecule has 0 fully saturated rings. The van der Waals surface area contributed by atoms with Crippen molar-refractivity contribution in [2.45, 2.75) is 5.88 Å². The quantitative estimate of drug-likeness (QED) is 0.373. The van der Waals surface area contributed by atoms with Crippen molar-refractivity contribution in [2.24, 2.45) is 0 Å². The number of imidazole rings is 1. The molecule has 0 saturated carbocycles. The van der Waals surface area contributed by atoms with Crippen LogP contribution in [-0.4, -0.2) is 9.55 Å². The van der Waals surface area contributed by atoms with Crippen LogP contribution in [-0.2, 0) is 5.88 Å². The first-order valence-corrected chi connectivity index (χ1v) is 8.19. The van der Waals surface area contributed by atoms with Crippen molar-refractivity contribution in [3.8, 4) is 5.69 Å². The Hall–Kier alpha value is -0.660. The first-order valence-electron chi connectivity index (χ1n) is 5.78. The van der Waals surface area contributed by atoms with E-state index in [1.54, 1.807) is 16.7 Å². The van der Waals surface area contributed by atoms with Gasteiger partial charge in [0.2, 0.25) is 0 Å². The van der Waals surface area contributed by atoms with Crippen LogP contribution in [0.5, 0.6) is 0 Å². The highest BCUT2D eigenvalue weighted by atomic mass is 127. The van der Waals surface area contributed by atoms with Crippen molar-refractivity contribution in [1.82, 2.24) is 9.55 Å². The Morgan fingerprint density at radius 2 is 2.05 bits per heavy atom. The van der Waals surface area contributed by atoms with E-state index in [1.165, 1.54) is 6.07 Å². The number of benzene rings is 2. The van der Waals surface area contributed by atoms with Crippen LogP contribution >= 0.6 is 50.1 Å². The van der Waals surface area contributed by atoms with Crippen molar-refractivity contribution in [2.75, 3.05) is 0 Å².